The molecular formula is C23H20N2O5. The van der Waals surface area contributed by atoms with Crippen LogP contribution in [0.1, 0.15) is 27.6 Å². The molecule has 7 heteroatoms. The second kappa shape index (κ2) is 9.38. The minimum Gasteiger partial charge on any atom is -0.456 e. The number of carbonyl (C=O) groups is 3. The minimum atomic E-state index is -1.06. The molecule has 152 valence electrons. The van der Waals surface area contributed by atoms with Crippen molar-refractivity contribution >= 4 is 23.5 Å². The van der Waals surface area contributed by atoms with Crippen LogP contribution >= 0.6 is 0 Å². The van der Waals surface area contributed by atoms with E-state index >= 15 is 0 Å². The molecule has 0 aliphatic heterocycles. The number of ether oxygens (including phenoxy) is 2. The van der Waals surface area contributed by atoms with Gasteiger partial charge in [0, 0.05) is 11.3 Å². The fraction of sp³-hybridized carbons (Fsp3) is 0.0870. The summed E-state index contributed by atoms with van der Waals surface area (Å²) in [5.74, 6) is -0.872. The Hall–Kier alpha value is -4.13. The molecule has 0 saturated carbocycles. The maximum absolute atomic E-state index is 12.6. The van der Waals surface area contributed by atoms with Crippen molar-refractivity contribution in [3.8, 4) is 11.5 Å². The van der Waals surface area contributed by atoms with E-state index in [4.69, 9.17) is 15.2 Å². The van der Waals surface area contributed by atoms with Crippen molar-refractivity contribution in [1.29, 1.82) is 0 Å². The molecule has 0 bridgehead atoms. The van der Waals surface area contributed by atoms with Crippen molar-refractivity contribution < 1.29 is 23.9 Å². The number of nitrogens with two attached hydrogens (primary N) is 1. The van der Waals surface area contributed by atoms with Crippen molar-refractivity contribution in [2.24, 2.45) is 5.73 Å². The average Bonchev–Trinajstić information content (AvgIpc) is 2.75. The third-order valence-electron chi connectivity index (χ3n) is 4.17. The Bertz CT molecular complexity index is 1050. The van der Waals surface area contributed by atoms with Gasteiger partial charge in [0.25, 0.3) is 5.91 Å². The molecule has 0 saturated heterocycles. The SMILES string of the molecule is C[C@H](OC(=O)c1ccccc1Oc1ccccc1)C(=O)Nc1ccc(C(N)=O)cc1. The summed E-state index contributed by atoms with van der Waals surface area (Å²) in [4.78, 5) is 36.1. The summed E-state index contributed by atoms with van der Waals surface area (Å²) < 4.78 is 11.1. The fourth-order valence-corrected chi connectivity index (χ4v) is 2.58. The van der Waals surface area contributed by atoms with Crippen LogP contribution < -0.4 is 15.8 Å². The number of rotatable bonds is 7. The van der Waals surface area contributed by atoms with Crippen LogP contribution in [-0.2, 0) is 9.53 Å². The van der Waals surface area contributed by atoms with Gasteiger partial charge in [-0.25, -0.2) is 4.79 Å². The molecule has 0 aliphatic rings. The second-order valence-electron chi connectivity index (χ2n) is 6.39. The van der Waals surface area contributed by atoms with Gasteiger partial charge in [0.1, 0.15) is 17.1 Å². The predicted molar refractivity (Wildman–Crippen MR) is 111 cm³/mol. The van der Waals surface area contributed by atoms with Gasteiger partial charge in [-0.05, 0) is 55.5 Å². The number of nitrogens with one attached hydrogen (secondary N) is 1. The lowest BCUT2D eigenvalue weighted by Gasteiger charge is -2.15. The number of benzene rings is 3. The van der Waals surface area contributed by atoms with Gasteiger partial charge in [-0.1, -0.05) is 30.3 Å². The van der Waals surface area contributed by atoms with Gasteiger partial charge >= 0.3 is 5.97 Å². The van der Waals surface area contributed by atoms with E-state index in [-0.39, 0.29) is 5.56 Å². The first kappa shape index (κ1) is 20.6. The first-order chi connectivity index (χ1) is 14.4. The molecule has 3 aromatic carbocycles. The van der Waals surface area contributed by atoms with E-state index in [0.29, 0.717) is 22.7 Å². The topological polar surface area (TPSA) is 108 Å². The van der Waals surface area contributed by atoms with E-state index < -0.39 is 23.9 Å². The highest BCUT2D eigenvalue weighted by molar-refractivity contribution is 5.99. The number of esters is 1. The molecule has 0 fully saturated rings. The monoisotopic (exact) mass is 404 g/mol. The highest BCUT2D eigenvalue weighted by Gasteiger charge is 2.21. The van der Waals surface area contributed by atoms with Crippen molar-refractivity contribution in [2.45, 2.75) is 13.0 Å². The summed E-state index contributed by atoms with van der Waals surface area (Å²) in [6, 6.07) is 21.7. The van der Waals surface area contributed by atoms with Gasteiger partial charge < -0.3 is 20.5 Å². The van der Waals surface area contributed by atoms with Gasteiger partial charge in [0.05, 0.1) is 0 Å². The van der Waals surface area contributed by atoms with Crippen LogP contribution in [-0.4, -0.2) is 23.9 Å². The molecule has 3 N–H and O–H groups in total. The third kappa shape index (κ3) is 5.23. The molecule has 3 aromatic rings. The molecule has 30 heavy (non-hydrogen) atoms. The summed E-state index contributed by atoms with van der Waals surface area (Å²) in [5.41, 5.74) is 6.16. The molecule has 0 aliphatic carbocycles. The lowest BCUT2D eigenvalue weighted by atomic mass is 10.2. The number of hydrogen-bond acceptors (Lipinski definition) is 5. The third-order valence-corrected chi connectivity index (χ3v) is 4.17. The maximum atomic E-state index is 12.6. The van der Waals surface area contributed by atoms with Gasteiger partial charge in [0.15, 0.2) is 6.10 Å². The standard InChI is InChI=1S/C23H20N2O5/c1-15(22(27)25-17-13-11-16(12-14-17)21(24)26)29-23(28)19-9-5-6-10-20(19)30-18-7-3-2-4-8-18/h2-15H,1H3,(H2,24,26)(H,25,27)/t15-/m0/s1. The minimum absolute atomic E-state index is 0.201. The summed E-state index contributed by atoms with van der Waals surface area (Å²) >= 11 is 0. The maximum Gasteiger partial charge on any atom is 0.342 e. The van der Waals surface area contributed by atoms with Crippen LogP contribution in [0.3, 0.4) is 0 Å². The Kier molecular flexibility index (Phi) is 6.44. The first-order valence-corrected chi connectivity index (χ1v) is 9.17. The largest absolute Gasteiger partial charge is 0.456 e. The molecule has 7 nitrogen and oxygen atoms in total. The van der Waals surface area contributed by atoms with E-state index in [2.05, 4.69) is 5.32 Å². The molecule has 0 radical (unpaired) electrons. The summed E-state index contributed by atoms with van der Waals surface area (Å²) in [5, 5.41) is 2.62. The Morgan fingerprint density at radius 2 is 1.50 bits per heavy atom. The van der Waals surface area contributed by atoms with Crippen LogP contribution in [0.4, 0.5) is 5.69 Å². The lowest BCUT2D eigenvalue weighted by molar-refractivity contribution is -0.123. The summed E-state index contributed by atoms with van der Waals surface area (Å²) in [7, 11) is 0. The molecule has 3 rings (SSSR count). The van der Waals surface area contributed by atoms with Gasteiger partial charge in [0.2, 0.25) is 5.91 Å². The van der Waals surface area contributed by atoms with Crippen molar-refractivity contribution in [1.82, 2.24) is 0 Å². The Labute approximate surface area is 173 Å². The zero-order valence-corrected chi connectivity index (χ0v) is 16.2. The van der Waals surface area contributed by atoms with E-state index in [1.54, 1.807) is 36.4 Å². The lowest BCUT2D eigenvalue weighted by Crippen LogP contribution is -2.30. The quantitative estimate of drug-likeness (QED) is 0.583. The number of para-hydroxylation sites is 2. The smallest absolute Gasteiger partial charge is 0.342 e. The number of hydrogen-bond donors (Lipinski definition) is 2. The van der Waals surface area contributed by atoms with E-state index in [1.165, 1.54) is 31.2 Å². The van der Waals surface area contributed by atoms with Gasteiger partial charge in [-0.2, -0.15) is 0 Å². The molecule has 2 amide bonds. The van der Waals surface area contributed by atoms with E-state index in [9.17, 15) is 14.4 Å². The average molecular weight is 404 g/mol. The normalized spacial score (nSPS) is 11.2. The molecule has 0 aromatic heterocycles. The van der Waals surface area contributed by atoms with Crippen LogP contribution in [0.2, 0.25) is 0 Å². The second-order valence-corrected chi connectivity index (χ2v) is 6.39. The van der Waals surface area contributed by atoms with Crippen LogP contribution in [0.15, 0.2) is 78.9 Å². The zero-order valence-electron chi connectivity index (χ0n) is 16.2. The Morgan fingerprint density at radius 1 is 0.867 bits per heavy atom. The van der Waals surface area contributed by atoms with Crippen molar-refractivity contribution in [2.75, 3.05) is 5.32 Å². The van der Waals surface area contributed by atoms with Crippen LogP contribution in [0.25, 0.3) is 0 Å². The van der Waals surface area contributed by atoms with Crippen LogP contribution in [0, 0.1) is 0 Å². The number of amides is 2. The Morgan fingerprint density at radius 3 is 2.17 bits per heavy atom. The van der Waals surface area contributed by atoms with E-state index in [1.807, 2.05) is 18.2 Å². The molecule has 0 spiro atoms. The van der Waals surface area contributed by atoms with Crippen LogP contribution in [0.5, 0.6) is 11.5 Å². The highest BCUT2D eigenvalue weighted by atomic mass is 16.5. The van der Waals surface area contributed by atoms with Crippen molar-refractivity contribution in [3.63, 3.8) is 0 Å². The molecule has 0 heterocycles. The Balaban J connectivity index is 1.65. The van der Waals surface area contributed by atoms with Crippen molar-refractivity contribution in [3.05, 3.63) is 90.0 Å². The number of carbonyl (C=O) groups excluding carboxylic acids is 3. The van der Waals surface area contributed by atoms with Gasteiger partial charge in [-0.15, -0.1) is 0 Å². The molecule has 0 unspecified atom stereocenters. The predicted octanol–water partition coefficient (Wildman–Crippen LogP) is 3.76. The number of anilines is 1. The first-order valence-electron chi connectivity index (χ1n) is 9.17. The fourth-order valence-electron chi connectivity index (χ4n) is 2.58. The van der Waals surface area contributed by atoms with E-state index in [0.717, 1.165) is 0 Å². The highest BCUT2D eigenvalue weighted by Crippen LogP contribution is 2.26. The molecule has 1 atom stereocenters. The number of primary amides is 1. The summed E-state index contributed by atoms with van der Waals surface area (Å²) in [6.45, 7) is 1.46. The van der Waals surface area contributed by atoms with Gasteiger partial charge in [-0.3, -0.25) is 9.59 Å². The molecular weight excluding hydrogens is 384 g/mol. The summed E-state index contributed by atoms with van der Waals surface area (Å²) in [6.07, 6.45) is -1.06. The zero-order chi connectivity index (χ0) is 21.5.